The highest BCUT2D eigenvalue weighted by Gasteiger charge is 2.39. The summed E-state index contributed by atoms with van der Waals surface area (Å²) in [7, 11) is 2.15. The lowest BCUT2D eigenvalue weighted by molar-refractivity contribution is 0.160. The summed E-state index contributed by atoms with van der Waals surface area (Å²) in [5.74, 6) is 1.74. The number of fused-ring (bicyclic) bond motifs is 1. The molecule has 0 atom stereocenters. The van der Waals surface area contributed by atoms with Gasteiger partial charge >= 0.3 is 0 Å². The molecule has 2 saturated heterocycles. The summed E-state index contributed by atoms with van der Waals surface area (Å²) in [6.07, 6.45) is 6.07. The van der Waals surface area contributed by atoms with Gasteiger partial charge in [0.05, 0.1) is 5.69 Å². The number of piperidine rings is 2. The van der Waals surface area contributed by atoms with E-state index in [1.165, 1.54) is 48.7 Å². The van der Waals surface area contributed by atoms with Gasteiger partial charge in [-0.1, -0.05) is 48.9 Å². The van der Waals surface area contributed by atoms with Crippen LogP contribution in [0.5, 0.6) is 5.75 Å². The molecule has 0 unspecified atom stereocenters. The lowest BCUT2D eigenvalue weighted by Gasteiger charge is -2.49. The topological polar surface area (TPSA) is 53.5 Å². The van der Waals surface area contributed by atoms with Crippen LogP contribution in [-0.4, -0.2) is 52.4 Å². The van der Waals surface area contributed by atoms with Gasteiger partial charge in [0.1, 0.15) is 12.4 Å². The molecule has 43 heavy (non-hydrogen) atoms. The van der Waals surface area contributed by atoms with Gasteiger partial charge in [-0.25, -0.2) is 0 Å². The molecule has 1 N–H and O–H groups in total. The third-order valence-corrected chi connectivity index (χ3v) is 9.10. The number of nitrogens with one attached hydrogen (secondary N) is 1. The zero-order valence-electron chi connectivity index (χ0n) is 26.6. The molecule has 0 bridgehead atoms. The van der Waals surface area contributed by atoms with Crippen LogP contribution in [-0.2, 0) is 13.2 Å². The van der Waals surface area contributed by atoms with Crippen molar-refractivity contribution in [3.05, 3.63) is 83.9 Å². The van der Waals surface area contributed by atoms with Gasteiger partial charge < -0.3 is 15.0 Å². The van der Waals surface area contributed by atoms with Gasteiger partial charge in [0, 0.05) is 36.3 Å². The van der Waals surface area contributed by atoms with Gasteiger partial charge in [-0.2, -0.15) is 0 Å². The highest BCUT2D eigenvalue weighted by atomic mass is 16.5. The molecule has 2 fully saturated rings. The fraction of sp³-hybridized carbons (Fsp3) is 0.459. The van der Waals surface area contributed by atoms with E-state index < -0.39 is 0 Å². The number of likely N-dealkylation sites (tertiary alicyclic amines) is 1. The molecule has 226 valence electrons. The third-order valence-electron chi connectivity index (χ3n) is 9.10. The second kappa shape index (κ2) is 12.3. The smallest absolute Gasteiger partial charge is 0.151 e. The Morgan fingerprint density at radius 3 is 2.26 bits per heavy atom. The number of benzene rings is 3. The van der Waals surface area contributed by atoms with E-state index >= 15 is 0 Å². The van der Waals surface area contributed by atoms with Crippen molar-refractivity contribution in [3.8, 4) is 17.0 Å². The monoisotopic (exact) mass is 577 g/mol. The maximum Gasteiger partial charge on any atom is 0.151 e. The molecule has 4 aromatic rings. The number of hydrogen-bond donors (Lipinski definition) is 1. The summed E-state index contributed by atoms with van der Waals surface area (Å²) in [4.78, 5) is 4.88. The summed E-state index contributed by atoms with van der Waals surface area (Å²) >= 11 is 0. The first-order valence-corrected chi connectivity index (χ1v) is 16.0. The number of anilines is 1. The third kappa shape index (κ3) is 7.19. The van der Waals surface area contributed by atoms with Gasteiger partial charge in [-0.3, -0.25) is 4.90 Å². The van der Waals surface area contributed by atoms with Crippen molar-refractivity contribution in [2.45, 2.75) is 90.1 Å². The molecule has 1 aromatic heterocycles. The average Bonchev–Trinajstić information content (AvgIpc) is 2.99. The molecular weight excluding hydrogens is 530 g/mol. The Kier molecular flexibility index (Phi) is 8.43. The van der Waals surface area contributed by atoms with E-state index in [-0.39, 0.29) is 11.1 Å². The van der Waals surface area contributed by atoms with Crippen molar-refractivity contribution >= 4 is 16.6 Å². The van der Waals surface area contributed by atoms with Gasteiger partial charge in [0.2, 0.25) is 0 Å². The Morgan fingerprint density at radius 1 is 0.814 bits per heavy atom. The molecule has 2 aliphatic rings. The zero-order chi connectivity index (χ0) is 30.0. The van der Waals surface area contributed by atoms with Crippen molar-refractivity contribution in [2.24, 2.45) is 0 Å². The first-order chi connectivity index (χ1) is 20.6. The molecule has 6 heteroatoms. The summed E-state index contributed by atoms with van der Waals surface area (Å²) in [6, 6.07) is 26.2. The molecule has 0 aliphatic carbocycles. The molecular formula is C37H47N5O. The molecule has 0 radical (unpaired) electrons. The van der Waals surface area contributed by atoms with Crippen LogP contribution in [0.2, 0.25) is 0 Å². The fourth-order valence-corrected chi connectivity index (χ4v) is 7.24. The summed E-state index contributed by atoms with van der Waals surface area (Å²) in [5.41, 5.74) is 4.43. The first kappa shape index (κ1) is 29.6. The van der Waals surface area contributed by atoms with E-state index in [1.54, 1.807) is 0 Å². The summed E-state index contributed by atoms with van der Waals surface area (Å²) in [5, 5.41) is 15.7. The van der Waals surface area contributed by atoms with Crippen LogP contribution >= 0.6 is 0 Å². The molecule has 6 nitrogen and oxygen atoms in total. The van der Waals surface area contributed by atoms with Crippen LogP contribution in [0.15, 0.2) is 72.8 Å². The Balaban J connectivity index is 1.29. The number of nitrogens with zero attached hydrogens (tertiary/aromatic N) is 4. The molecule has 2 aliphatic heterocycles. The molecule has 0 saturated carbocycles. The number of aromatic nitrogens is 2. The van der Waals surface area contributed by atoms with Gasteiger partial charge in [0.15, 0.2) is 5.82 Å². The van der Waals surface area contributed by atoms with Gasteiger partial charge in [-0.05, 0) is 119 Å². The van der Waals surface area contributed by atoms with E-state index in [9.17, 15) is 0 Å². The Hall–Kier alpha value is -3.48. The second-order valence-electron chi connectivity index (χ2n) is 14.0. The molecule has 0 amide bonds. The van der Waals surface area contributed by atoms with Crippen molar-refractivity contribution < 1.29 is 4.74 Å². The van der Waals surface area contributed by atoms with Crippen LogP contribution < -0.4 is 15.0 Å². The van der Waals surface area contributed by atoms with E-state index in [4.69, 9.17) is 14.9 Å². The molecule has 6 rings (SSSR count). The quantitative estimate of drug-likeness (QED) is 0.233. The number of ether oxygens (including phenoxy) is 1. The minimum absolute atomic E-state index is 0.0672. The predicted octanol–water partition coefficient (Wildman–Crippen LogP) is 7.61. The van der Waals surface area contributed by atoms with Crippen molar-refractivity contribution in [1.29, 1.82) is 0 Å². The maximum absolute atomic E-state index is 6.50. The average molecular weight is 578 g/mol. The summed E-state index contributed by atoms with van der Waals surface area (Å²) in [6.45, 7) is 13.0. The highest BCUT2D eigenvalue weighted by Crippen LogP contribution is 2.36. The first-order valence-electron chi connectivity index (χ1n) is 16.0. The zero-order valence-corrected chi connectivity index (χ0v) is 26.6. The van der Waals surface area contributed by atoms with Crippen molar-refractivity contribution in [3.63, 3.8) is 0 Å². The van der Waals surface area contributed by atoms with Crippen LogP contribution in [0.25, 0.3) is 22.0 Å². The van der Waals surface area contributed by atoms with Crippen LogP contribution in [0.4, 0.5) is 5.82 Å². The fourth-order valence-electron chi connectivity index (χ4n) is 7.24. The Bertz CT molecular complexity index is 1510. The molecule has 0 spiro atoms. The Labute approximate surface area is 257 Å². The number of rotatable bonds is 8. The van der Waals surface area contributed by atoms with E-state index in [0.717, 1.165) is 47.8 Å². The highest BCUT2D eigenvalue weighted by molar-refractivity contribution is 5.90. The SMILES string of the molecule is CN(c1ccc(-c2cc3ccc(CN4CCCCC4)cc3cc2OCc2ccccc2)nn1)C1CC(C)(C)NC(C)(C)C1. The van der Waals surface area contributed by atoms with Gasteiger partial charge in [-0.15, -0.1) is 10.2 Å². The van der Waals surface area contributed by atoms with Crippen molar-refractivity contribution in [1.82, 2.24) is 20.4 Å². The molecule has 3 heterocycles. The van der Waals surface area contributed by atoms with E-state index in [2.05, 4.69) is 117 Å². The molecule has 3 aromatic carbocycles. The van der Waals surface area contributed by atoms with Crippen molar-refractivity contribution in [2.75, 3.05) is 25.0 Å². The second-order valence-corrected chi connectivity index (χ2v) is 14.0. The lowest BCUT2D eigenvalue weighted by Crippen LogP contribution is -2.62. The van der Waals surface area contributed by atoms with Crippen LogP contribution in [0.3, 0.4) is 0 Å². The van der Waals surface area contributed by atoms with Crippen LogP contribution in [0.1, 0.15) is 70.9 Å². The summed E-state index contributed by atoms with van der Waals surface area (Å²) < 4.78 is 6.50. The number of hydrogen-bond acceptors (Lipinski definition) is 6. The largest absolute Gasteiger partial charge is 0.488 e. The minimum Gasteiger partial charge on any atom is -0.488 e. The maximum atomic E-state index is 6.50. The van der Waals surface area contributed by atoms with E-state index in [1.807, 2.05) is 6.07 Å². The lowest BCUT2D eigenvalue weighted by atomic mass is 9.79. The van der Waals surface area contributed by atoms with Crippen LogP contribution in [0, 0.1) is 0 Å². The normalized spacial score (nSPS) is 18.9. The standard InChI is InChI=1S/C37H47N5O/c1-36(2)23-31(24-37(3,4)40-36)41(5)35-17-16-33(38-39-35)32-21-29-15-14-28(25-42-18-10-7-11-19-42)20-30(29)22-34(32)43-26-27-12-8-6-9-13-27/h6,8-9,12-17,20-22,31,40H,7,10-11,18-19,23-26H2,1-5H3. The predicted molar refractivity (Wildman–Crippen MR) is 178 cm³/mol. The minimum atomic E-state index is 0.0672. The van der Waals surface area contributed by atoms with E-state index in [0.29, 0.717) is 12.6 Å². The van der Waals surface area contributed by atoms with Gasteiger partial charge in [0.25, 0.3) is 0 Å². The Morgan fingerprint density at radius 2 is 1.56 bits per heavy atom.